The summed E-state index contributed by atoms with van der Waals surface area (Å²) < 4.78 is 10.8. The third-order valence-corrected chi connectivity index (χ3v) is 2.68. The monoisotopic (exact) mass is 240 g/mol. The average molecular weight is 240 g/mol. The first-order valence-corrected chi connectivity index (χ1v) is 6.14. The molecule has 2 rings (SSSR count). The fourth-order valence-electron chi connectivity index (χ4n) is 1.69. The van der Waals surface area contributed by atoms with E-state index in [-0.39, 0.29) is 0 Å². The summed E-state index contributed by atoms with van der Waals surface area (Å²) in [7, 11) is 0. The Kier molecular flexibility index (Phi) is 4.33. The van der Waals surface area contributed by atoms with Crippen LogP contribution >= 0.6 is 0 Å². The second-order valence-corrected chi connectivity index (χ2v) is 4.57. The third-order valence-electron chi connectivity index (χ3n) is 2.68. The molecule has 1 aliphatic heterocycles. The molecule has 0 amide bonds. The quantitative estimate of drug-likeness (QED) is 0.804. The molecule has 1 saturated heterocycles. The number of rotatable bonds is 5. The normalized spacial score (nSPS) is 17.6. The zero-order valence-electron chi connectivity index (χ0n) is 10.4. The number of hydrogen-bond acceptors (Lipinski definition) is 6. The molecule has 1 aromatic rings. The second kappa shape index (κ2) is 5.97. The van der Waals surface area contributed by atoms with Crippen molar-refractivity contribution < 1.29 is 9.15 Å². The van der Waals surface area contributed by atoms with Gasteiger partial charge in [-0.05, 0) is 12.8 Å². The van der Waals surface area contributed by atoms with Crippen molar-refractivity contribution in [1.82, 2.24) is 15.5 Å². The number of nitrogens with one attached hydrogen (secondary N) is 2. The molecule has 1 aromatic heterocycles. The van der Waals surface area contributed by atoms with Crippen LogP contribution in [-0.2, 0) is 11.3 Å². The first-order valence-electron chi connectivity index (χ1n) is 6.14. The van der Waals surface area contributed by atoms with Crippen LogP contribution in [0.1, 0.15) is 32.6 Å². The molecule has 17 heavy (non-hydrogen) atoms. The van der Waals surface area contributed by atoms with Crippen molar-refractivity contribution in [2.24, 2.45) is 0 Å². The molecule has 2 N–H and O–H groups in total. The topological polar surface area (TPSA) is 72.2 Å². The van der Waals surface area contributed by atoms with Gasteiger partial charge in [0.05, 0.1) is 6.54 Å². The smallest absolute Gasteiger partial charge is 0.315 e. The van der Waals surface area contributed by atoms with Crippen LogP contribution in [0.25, 0.3) is 0 Å². The van der Waals surface area contributed by atoms with Gasteiger partial charge in [0.25, 0.3) is 0 Å². The summed E-state index contributed by atoms with van der Waals surface area (Å²) in [5.41, 5.74) is 0. The Balaban J connectivity index is 1.80. The lowest BCUT2D eigenvalue weighted by Crippen LogP contribution is -2.27. The van der Waals surface area contributed by atoms with Gasteiger partial charge in [0.2, 0.25) is 5.89 Å². The van der Waals surface area contributed by atoms with Gasteiger partial charge >= 0.3 is 6.01 Å². The van der Waals surface area contributed by atoms with E-state index >= 15 is 0 Å². The maximum atomic E-state index is 5.50. The molecule has 96 valence electrons. The zero-order chi connectivity index (χ0) is 12.1. The highest BCUT2D eigenvalue weighted by atomic mass is 16.5. The Hall–Kier alpha value is -1.14. The van der Waals surface area contributed by atoms with Crippen LogP contribution in [0, 0.1) is 0 Å². The van der Waals surface area contributed by atoms with Crippen molar-refractivity contribution >= 4 is 6.01 Å². The minimum Gasteiger partial charge on any atom is -0.407 e. The second-order valence-electron chi connectivity index (χ2n) is 4.57. The molecule has 0 unspecified atom stereocenters. The Labute approximate surface area is 101 Å². The van der Waals surface area contributed by atoms with Crippen LogP contribution in [0.15, 0.2) is 4.42 Å². The molecule has 0 saturated carbocycles. The number of anilines is 1. The molecular formula is C11H20N4O2. The van der Waals surface area contributed by atoms with Gasteiger partial charge < -0.3 is 19.8 Å². The summed E-state index contributed by atoms with van der Waals surface area (Å²) >= 11 is 0. The lowest BCUT2D eigenvalue weighted by Gasteiger charge is -2.21. The van der Waals surface area contributed by atoms with Crippen LogP contribution in [0.5, 0.6) is 0 Å². The minimum absolute atomic E-state index is 0.384. The zero-order valence-corrected chi connectivity index (χ0v) is 10.4. The molecule has 1 aliphatic rings. The number of aromatic nitrogens is 2. The molecule has 2 heterocycles. The molecule has 1 fully saturated rings. The molecule has 0 radical (unpaired) electrons. The first kappa shape index (κ1) is 12.3. The maximum Gasteiger partial charge on any atom is 0.315 e. The summed E-state index contributed by atoms with van der Waals surface area (Å²) in [6.07, 6.45) is 1.98. The van der Waals surface area contributed by atoms with Crippen molar-refractivity contribution in [3.8, 4) is 0 Å². The van der Waals surface area contributed by atoms with Gasteiger partial charge in [-0.3, -0.25) is 0 Å². The van der Waals surface area contributed by atoms with Gasteiger partial charge in [-0.2, -0.15) is 0 Å². The lowest BCUT2D eigenvalue weighted by molar-refractivity contribution is 0.0899. The molecule has 0 atom stereocenters. The largest absolute Gasteiger partial charge is 0.407 e. The summed E-state index contributed by atoms with van der Waals surface area (Å²) in [6.45, 7) is 6.37. The van der Waals surface area contributed by atoms with E-state index in [2.05, 4.69) is 34.7 Å². The summed E-state index contributed by atoms with van der Waals surface area (Å²) in [5, 5.41) is 14.4. The van der Waals surface area contributed by atoms with E-state index < -0.39 is 0 Å². The van der Waals surface area contributed by atoms with Crippen LogP contribution in [0.2, 0.25) is 0 Å². The Bertz CT molecular complexity index is 334. The highest BCUT2D eigenvalue weighted by Gasteiger charge is 2.16. The van der Waals surface area contributed by atoms with Crippen LogP contribution in [0.4, 0.5) is 6.01 Å². The van der Waals surface area contributed by atoms with Crippen molar-refractivity contribution in [2.45, 2.75) is 45.3 Å². The van der Waals surface area contributed by atoms with Crippen molar-refractivity contribution in [1.29, 1.82) is 0 Å². The van der Waals surface area contributed by atoms with E-state index in [1.807, 2.05) is 0 Å². The standard InChI is InChI=1S/C11H20N4O2/c1-8(2)12-7-10-14-15-11(17-10)13-9-3-5-16-6-4-9/h8-9,12H,3-7H2,1-2H3,(H,13,15). The SMILES string of the molecule is CC(C)NCc1nnc(NC2CCOCC2)o1. The van der Waals surface area contributed by atoms with E-state index in [1.165, 1.54) is 0 Å². The summed E-state index contributed by atoms with van der Waals surface area (Å²) in [5.74, 6) is 0.619. The predicted molar refractivity (Wildman–Crippen MR) is 63.7 cm³/mol. The minimum atomic E-state index is 0.384. The van der Waals surface area contributed by atoms with Gasteiger partial charge in [0, 0.05) is 25.3 Å². The van der Waals surface area contributed by atoms with Crippen molar-refractivity contribution in [3.63, 3.8) is 0 Å². The Morgan fingerprint density at radius 2 is 2.06 bits per heavy atom. The van der Waals surface area contributed by atoms with Crippen LogP contribution < -0.4 is 10.6 Å². The highest BCUT2D eigenvalue weighted by molar-refractivity contribution is 5.19. The van der Waals surface area contributed by atoms with Gasteiger partial charge in [-0.15, -0.1) is 5.10 Å². The van der Waals surface area contributed by atoms with E-state index in [1.54, 1.807) is 0 Å². The van der Waals surface area contributed by atoms with Crippen LogP contribution in [-0.4, -0.2) is 35.5 Å². The molecular weight excluding hydrogens is 220 g/mol. The van der Waals surface area contributed by atoms with E-state index in [0.29, 0.717) is 30.5 Å². The number of ether oxygens (including phenoxy) is 1. The fourth-order valence-corrected chi connectivity index (χ4v) is 1.69. The van der Waals surface area contributed by atoms with Gasteiger partial charge in [-0.1, -0.05) is 18.9 Å². The molecule has 0 spiro atoms. The Morgan fingerprint density at radius 3 is 2.76 bits per heavy atom. The predicted octanol–water partition coefficient (Wildman–Crippen LogP) is 1.16. The van der Waals surface area contributed by atoms with Gasteiger partial charge in [0.1, 0.15) is 0 Å². The van der Waals surface area contributed by atoms with E-state index in [9.17, 15) is 0 Å². The van der Waals surface area contributed by atoms with E-state index in [4.69, 9.17) is 9.15 Å². The van der Waals surface area contributed by atoms with Crippen LogP contribution in [0.3, 0.4) is 0 Å². The maximum absolute atomic E-state index is 5.50. The molecule has 0 aromatic carbocycles. The molecule has 6 nitrogen and oxygen atoms in total. The van der Waals surface area contributed by atoms with E-state index in [0.717, 1.165) is 26.1 Å². The molecule has 0 aliphatic carbocycles. The molecule has 6 heteroatoms. The summed E-state index contributed by atoms with van der Waals surface area (Å²) in [4.78, 5) is 0. The molecule has 0 bridgehead atoms. The van der Waals surface area contributed by atoms with Gasteiger partial charge in [-0.25, -0.2) is 0 Å². The summed E-state index contributed by atoms with van der Waals surface area (Å²) in [6, 6.07) is 1.31. The third kappa shape index (κ3) is 3.98. The Morgan fingerprint density at radius 1 is 1.29 bits per heavy atom. The first-order chi connectivity index (χ1) is 8.24. The number of nitrogens with zero attached hydrogens (tertiary/aromatic N) is 2. The fraction of sp³-hybridized carbons (Fsp3) is 0.818. The average Bonchev–Trinajstić information content (AvgIpc) is 2.75. The highest BCUT2D eigenvalue weighted by Crippen LogP contribution is 2.13. The lowest BCUT2D eigenvalue weighted by atomic mass is 10.1. The number of hydrogen-bond donors (Lipinski definition) is 2. The van der Waals surface area contributed by atoms with Gasteiger partial charge in [0.15, 0.2) is 0 Å². The van der Waals surface area contributed by atoms with Crippen molar-refractivity contribution in [3.05, 3.63) is 5.89 Å². The van der Waals surface area contributed by atoms with Crippen molar-refractivity contribution in [2.75, 3.05) is 18.5 Å².